The Bertz CT molecular complexity index is 1280. The van der Waals surface area contributed by atoms with E-state index in [1.807, 2.05) is 18.2 Å². The van der Waals surface area contributed by atoms with E-state index >= 15 is 0 Å². The van der Waals surface area contributed by atoms with Gasteiger partial charge in [0.2, 0.25) is 0 Å². The van der Waals surface area contributed by atoms with E-state index in [2.05, 4.69) is 71.9 Å². The molecule has 1 atom stereocenters. The Hall–Kier alpha value is -3.40. The molecule has 1 aliphatic heterocycles. The van der Waals surface area contributed by atoms with Crippen LogP contribution < -0.4 is 4.74 Å². The van der Waals surface area contributed by atoms with Gasteiger partial charge in [-0.2, -0.15) is 0 Å². The zero-order valence-corrected chi connectivity index (χ0v) is 24.4. The number of nitrogens with zero attached hydrogens (tertiary/aromatic N) is 2. The molecule has 5 heteroatoms. The maximum atomic E-state index is 9.94. The number of benzene rings is 2. The molecule has 0 bridgehead atoms. The predicted molar refractivity (Wildman–Crippen MR) is 161 cm³/mol. The zero-order chi connectivity index (χ0) is 27.9. The molecule has 1 heterocycles. The fourth-order valence-electron chi connectivity index (χ4n) is 6.13. The molecule has 40 heavy (non-hydrogen) atoms. The van der Waals surface area contributed by atoms with Crippen LogP contribution in [0.5, 0.6) is 11.5 Å². The van der Waals surface area contributed by atoms with Crippen LogP contribution in [0.25, 0.3) is 0 Å². The molecular weight excluding hydrogens is 496 g/mol. The van der Waals surface area contributed by atoms with E-state index in [0.717, 1.165) is 62.9 Å². The van der Waals surface area contributed by atoms with E-state index in [1.54, 1.807) is 7.11 Å². The Labute approximate surface area is 240 Å². The summed E-state index contributed by atoms with van der Waals surface area (Å²) in [7, 11) is 1.72. The van der Waals surface area contributed by atoms with Crippen molar-refractivity contribution >= 4 is 0 Å². The van der Waals surface area contributed by atoms with Crippen LogP contribution in [-0.4, -0.2) is 54.8 Å². The van der Waals surface area contributed by atoms with Gasteiger partial charge in [0, 0.05) is 37.5 Å². The SMILES string of the molecule is CCN(Cc1ccc(OCCN2CCC(C)CC2)cc1)C1=C(C2CCc3cc(O)ccc3C2)C=C=CC(OC)=C1. The number of fused-ring (bicyclic) bond motifs is 1. The Balaban J connectivity index is 1.28. The monoisotopic (exact) mass is 540 g/mol. The molecule has 2 aromatic rings. The second kappa shape index (κ2) is 13.3. The average Bonchev–Trinajstić information content (AvgIpc) is 3.20. The van der Waals surface area contributed by atoms with Gasteiger partial charge >= 0.3 is 0 Å². The largest absolute Gasteiger partial charge is 0.508 e. The van der Waals surface area contributed by atoms with E-state index in [1.165, 1.54) is 53.9 Å². The van der Waals surface area contributed by atoms with Gasteiger partial charge in [0.05, 0.1) is 7.11 Å². The van der Waals surface area contributed by atoms with Crippen molar-refractivity contribution in [3.8, 4) is 11.5 Å². The highest BCUT2D eigenvalue weighted by Crippen LogP contribution is 2.36. The highest BCUT2D eigenvalue weighted by atomic mass is 16.5. The number of aromatic hydroxyl groups is 1. The topological polar surface area (TPSA) is 45.2 Å². The number of phenols is 1. The smallest absolute Gasteiger partial charge is 0.128 e. The van der Waals surface area contributed by atoms with Crippen LogP contribution >= 0.6 is 0 Å². The number of aryl methyl sites for hydroxylation is 1. The number of hydrogen-bond acceptors (Lipinski definition) is 5. The summed E-state index contributed by atoms with van der Waals surface area (Å²) in [6.45, 7) is 10.4. The molecule has 5 rings (SSSR count). The van der Waals surface area contributed by atoms with E-state index in [4.69, 9.17) is 9.47 Å². The van der Waals surface area contributed by atoms with Crippen molar-refractivity contribution in [3.63, 3.8) is 0 Å². The molecule has 3 aliphatic rings. The average molecular weight is 541 g/mol. The van der Waals surface area contributed by atoms with Gasteiger partial charge in [-0.05, 0) is 117 Å². The molecule has 0 aromatic heterocycles. The van der Waals surface area contributed by atoms with E-state index in [9.17, 15) is 5.11 Å². The molecule has 0 spiro atoms. The third kappa shape index (κ3) is 7.02. The summed E-state index contributed by atoms with van der Waals surface area (Å²) >= 11 is 0. The molecule has 1 unspecified atom stereocenters. The Morgan fingerprint density at radius 2 is 1.82 bits per heavy atom. The van der Waals surface area contributed by atoms with Gasteiger partial charge in [0.15, 0.2) is 0 Å². The second-order valence-corrected chi connectivity index (χ2v) is 11.5. The summed E-state index contributed by atoms with van der Waals surface area (Å²) in [5, 5.41) is 9.94. The normalized spacial score (nSPS) is 19.7. The summed E-state index contributed by atoms with van der Waals surface area (Å²) in [5.74, 6) is 3.34. The fourth-order valence-corrected chi connectivity index (χ4v) is 6.13. The lowest BCUT2D eigenvalue weighted by molar-refractivity contribution is 0.160. The van der Waals surface area contributed by atoms with Gasteiger partial charge in [-0.3, -0.25) is 4.90 Å². The van der Waals surface area contributed by atoms with E-state index in [-0.39, 0.29) is 0 Å². The first-order valence-corrected chi connectivity index (χ1v) is 14.9. The van der Waals surface area contributed by atoms with Gasteiger partial charge in [0.25, 0.3) is 0 Å². The molecule has 1 saturated heterocycles. The third-order valence-corrected chi connectivity index (χ3v) is 8.70. The van der Waals surface area contributed by atoms with Crippen molar-refractivity contribution in [2.45, 2.75) is 52.5 Å². The number of hydrogen-bond donors (Lipinski definition) is 1. The van der Waals surface area contributed by atoms with Gasteiger partial charge in [-0.25, -0.2) is 0 Å². The quantitative estimate of drug-likeness (QED) is 0.342. The van der Waals surface area contributed by atoms with Crippen LogP contribution in [0.2, 0.25) is 0 Å². The van der Waals surface area contributed by atoms with Gasteiger partial charge in [-0.1, -0.05) is 25.1 Å². The summed E-state index contributed by atoms with van der Waals surface area (Å²) in [5.41, 5.74) is 9.71. The fraction of sp³-hybridized carbons (Fsp3) is 0.457. The van der Waals surface area contributed by atoms with Gasteiger partial charge in [0.1, 0.15) is 23.9 Å². The van der Waals surface area contributed by atoms with Crippen molar-refractivity contribution in [2.24, 2.45) is 11.8 Å². The van der Waals surface area contributed by atoms with Gasteiger partial charge < -0.3 is 19.5 Å². The first kappa shape index (κ1) is 28.1. The van der Waals surface area contributed by atoms with Crippen molar-refractivity contribution in [3.05, 3.63) is 100 Å². The van der Waals surface area contributed by atoms with Crippen LogP contribution in [0.4, 0.5) is 0 Å². The minimum atomic E-state index is 0.354. The van der Waals surface area contributed by atoms with Gasteiger partial charge in [-0.15, -0.1) is 5.73 Å². The lowest BCUT2D eigenvalue weighted by Crippen LogP contribution is -2.35. The molecule has 1 fully saturated rings. The van der Waals surface area contributed by atoms with Crippen LogP contribution in [0.15, 0.2) is 83.5 Å². The number of piperidine rings is 1. The van der Waals surface area contributed by atoms with Crippen LogP contribution in [0.3, 0.4) is 0 Å². The van der Waals surface area contributed by atoms with Crippen molar-refractivity contribution in [1.29, 1.82) is 0 Å². The number of phenolic OH excluding ortho intramolecular Hbond substituents is 1. The molecular formula is C35H44N2O3. The van der Waals surface area contributed by atoms with Crippen molar-refractivity contribution in [2.75, 3.05) is 39.9 Å². The number of ether oxygens (including phenoxy) is 2. The molecule has 5 nitrogen and oxygen atoms in total. The summed E-state index contributed by atoms with van der Waals surface area (Å²) in [4.78, 5) is 4.96. The molecule has 0 amide bonds. The number of likely N-dealkylation sites (N-methyl/N-ethyl adjacent to an activating group) is 1. The first-order valence-electron chi connectivity index (χ1n) is 14.9. The Kier molecular flexibility index (Phi) is 9.36. The highest BCUT2D eigenvalue weighted by molar-refractivity contribution is 5.44. The highest BCUT2D eigenvalue weighted by Gasteiger charge is 2.25. The summed E-state index contributed by atoms with van der Waals surface area (Å²) in [6, 6.07) is 14.4. The summed E-state index contributed by atoms with van der Waals surface area (Å²) < 4.78 is 11.8. The third-order valence-electron chi connectivity index (χ3n) is 8.70. The lowest BCUT2D eigenvalue weighted by Gasteiger charge is -2.31. The number of rotatable bonds is 10. The number of likely N-dealkylation sites (tertiary alicyclic amines) is 1. The van der Waals surface area contributed by atoms with Crippen LogP contribution in [-0.2, 0) is 24.1 Å². The minimum Gasteiger partial charge on any atom is -0.508 e. The van der Waals surface area contributed by atoms with Crippen molar-refractivity contribution < 1.29 is 14.6 Å². The Morgan fingerprint density at radius 1 is 1.02 bits per heavy atom. The summed E-state index contributed by atoms with van der Waals surface area (Å²) in [6.07, 6.45) is 11.8. The maximum absolute atomic E-state index is 9.94. The van der Waals surface area contributed by atoms with Crippen LogP contribution in [0, 0.1) is 11.8 Å². The van der Waals surface area contributed by atoms with Crippen LogP contribution in [0.1, 0.15) is 49.8 Å². The molecule has 1 N–H and O–H groups in total. The minimum absolute atomic E-state index is 0.354. The second-order valence-electron chi connectivity index (χ2n) is 11.5. The molecule has 212 valence electrons. The molecule has 2 aliphatic carbocycles. The number of allylic oxidation sites excluding steroid dienone is 3. The van der Waals surface area contributed by atoms with E-state index in [0.29, 0.717) is 11.7 Å². The molecule has 2 aromatic carbocycles. The zero-order valence-electron chi connectivity index (χ0n) is 24.4. The maximum Gasteiger partial charge on any atom is 0.128 e. The van der Waals surface area contributed by atoms with E-state index < -0.39 is 0 Å². The standard InChI is InChI=1S/C35H44N2O3/c1-4-37(25-27-8-14-32(15-9-27)40-21-20-36-18-16-26(2)17-19-36)35-24-33(39-3)6-5-7-34(35)30-11-10-29-23-31(38)13-12-28(29)22-30/h6-9,12-15,23-24,26,30,38H,4,10-11,16-22,25H2,1-3H3. The number of methoxy groups -OCH3 is 1. The van der Waals surface area contributed by atoms with Crippen molar-refractivity contribution in [1.82, 2.24) is 9.80 Å². The predicted octanol–water partition coefficient (Wildman–Crippen LogP) is 6.64. The Morgan fingerprint density at radius 3 is 2.58 bits per heavy atom. The first-order chi connectivity index (χ1) is 19.5. The molecule has 0 radical (unpaired) electrons. The molecule has 0 saturated carbocycles. The lowest BCUT2D eigenvalue weighted by atomic mass is 9.79.